The second kappa shape index (κ2) is 4.31. The molecule has 0 bridgehead atoms. The van der Waals surface area contributed by atoms with Gasteiger partial charge in [-0.15, -0.1) is 11.3 Å². The number of hydrogen-bond donors (Lipinski definition) is 2. The summed E-state index contributed by atoms with van der Waals surface area (Å²) in [6, 6.07) is 2.10. The highest BCUT2D eigenvalue weighted by Crippen LogP contribution is 2.28. The van der Waals surface area contributed by atoms with Gasteiger partial charge in [-0.1, -0.05) is 0 Å². The summed E-state index contributed by atoms with van der Waals surface area (Å²) in [4.78, 5) is 1.27. The predicted molar refractivity (Wildman–Crippen MR) is 62.8 cm³/mol. The molecule has 2 rings (SSSR count). The van der Waals surface area contributed by atoms with Crippen molar-refractivity contribution < 1.29 is 5.11 Å². The number of aliphatic hydroxyl groups is 1. The molecule has 1 fully saturated rings. The Kier molecular flexibility index (Phi) is 3.27. The van der Waals surface area contributed by atoms with E-state index in [1.54, 1.807) is 11.3 Å². The standard InChI is InChI=1S/C10H14BrNOS/c11-8-5-9(14-7-8)6-10(13)1-3-12-4-2-10/h5,7,12-13H,1-4,6H2. The molecule has 0 aliphatic carbocycles. The van der Waals surface area contributed by atoms with E-state index < -0.39 is 5.60 Å². The van der Waals surface area contributed by atoms with E-state index in [-0.39, 0.29) is 0 Å². The first-order valence-electron chi connectivity index (χ1n) is 4.84. The molecule has 0 amide bonds. The minimum absolute atomic E-state index is 0.477. The molecule has 0 atom stereocenters. The van der Waals surface area contributed by atoms with Gasteiger partial charge in [-0.3, -0.25) is 0 Å². The summed E-state index contributed by atoms with van der Waals surface area (Å²) in [5, 5.41) is 15.6. The van der Waals surface area contributed by atoms with Crippen LogP contribution in [0.5, 0.6) is 0 Å². The minimum Gasteiger partial charge on any atom is -0.389 e. The van der Waals surface area contributed by atoms with Crippen molar-refractivity contribution in [3.63, 3.8) is 0 Å². The van der Waals surface area contributed by atoms with E-state index in [2.05, 4.69) is 32.7 Å². The monoisotopic (exact) mass is 275 g/mol. The highest BCUT2D eigenvalue weighted by atomic mass is 79.9. The van der Waals surface area contributed by atoms with Crippen LogP contribution in [0.15, 0.2) is 15.9 Å². The fourth-order valence-corrected chi connectivity index (χ4v) is 3.43. The zero-order valence-electron chi connectivity index (χ0n) is 7.92. The zero-order chi connectivity index (χ0) is 10.0. The fourth-order valence-electron chi connectivity index (χ4n) is 1.84. The predicted octanol–water partition coefficient (Wildman–Crippen LogP) is 2.17. The van der Waals surface area contributed by atoms with E-state index in [1.807, 2.05) is 0 Å². The van der Waals surface area contributed by atoms with Crippen molar-refractivity contribution in [3.05, 3.63) is 20.8 Å². The van der Waals surface area contributed by atoms with Crippen molar-refractivity contribution in [1.82, 2.24) is 5.32 Å². The second-order valence-electron chi connectivity index (χ2n) is 3.88. The molecule has 1 aromatic heterocycles. The number of thiophene rings is 1. The number of rotatable bonds is 2. The van der Waals surface area contributed by atoms with E-state index >= 15 is 0 Å². The Hall–Kier alpha value is 0.1000. The van der Waals surface area contributed by atoms with Gasteiger partial charge in [0.15, 0.2) is 0 Å². The number of hydrogen-bond acceptors (Lipinski definition) is 3. The van der Waals surface area contributed by atoms with Crippen LogP contribution in [0.4, 0.5) is 0 Å². The molecule has 1 aliphatic heterocycles. The zero-order valence-corrected chi connectivity index (χ0v) is 10.3. The van der Waals surface area contributed by atoms with Gasteiger partial charge in [0.2, 0.25) is 0 Å². The maximum Gasteiger partial charge on any atom is 0.0720 e. The Bertz CT molecular complexity index is 307. The summed E-state index contributed by atoms with van der Waals surface area (Å²) in [6.07, 6.45) is 2.52. The van der Waals surface area contributed by atoms with Gasteiger partial charge in [0.1, 0.15) is 0 Å². The van der Waals surface area contributed by atoms with Crippen LogP contribution in [0, 0.1) is 0 Å². The molecule has 2 nitrogen and oxygen atoms in total. The molecule has 0 aromatic carbocycles. The van der Waals surface area contributed by atoms with Crippen molar-refractivity contribution >= 4 is 27.3 Å². The van der Waals surface area contributed by atoms with Crippen molar-refractivity contribution in [2.24, 2.45) is 0 Å². The molecule has 78 valence electrons. The van der Waals surface area contributed by atoms with Crippen LogP contribution >= 0.6 is 27.3 Å². The van der Waals surface area contributed by atoms with E-state index in [1.165, 1.54) is 4.88 Å². The van der Waals surface area contributed by atoms with Gasteiger partial charge >= 0.3 is 0 Å². The molecule has 0 spiro atoms. The second-order valence-corrected chi connectivity index (χ2v) is 5.79. The summed E-state index contributed by atoms with van der Waals surface area (Å²) in [5.74, 6) is 0. The first-order valence-corrected chi connectivity index (χ1v) is 6.51. The summed E-state index contributed by atoms with van der Waals surface area (Å²) in [5.41, 5.74) is -0.477. The smallest absolute Gasteiger partial charge is 0.0720 e. The molecular formula is C10H14BrNOS. The Morgan fingerprint density at radius 2 is 2.21 bits per heavy atom. The van der Waals surface area contributed by atoms with Crippen LogP contribution in [0.25, 0.3) is 0 Å². The Morgan fingerprint density at radius 1 is 1.50 bits per heavy atom. The average molecular weight is 276 g/mol. The molecule has 2 heterocycles. The van der Waals surface area contributed by atoms with Crippen LogP contribution in [-0.2, 0) is 6.42 Å². The average Bonchev–Trinajstić information content (AvgIpc) is 2.51. The Morgan fingerprint density at radius 3 is 2.79 bits per heavy atom. The van der Waals surface area contributed by atoms with Crippen molar-refractivity contribution in [2.75, 3.05) is 13.1 Å². The third-order valence-corrected chi connectivity index (χ3v) is 4.36. The lowest BCUT2D eigenvalue weighted by molar-refractivity contribution is 0.0116. The maximum absolute atomic E-state index is 10.3. The largest absolute Gasteiger partial charge is 0.389 e. The Labute approximate surface area is 96.5 Å². The van der Waals surface area contributed by atoms with Crippen LogP contribution < -0.4 is 5.32 Å². The third-order valence-electron chi connectivity index (χ3n) is 2.66. The summed E-state index contributed by atoms with van der Waals surface area (Å²) in [7, 11) is 0. The van der Waals surface area contributed by atoms with Crippen molar-refractivity contribution in [3.8, 4) is 0 Å². The van der Waals surface area contributed by atoms with Gasteiger partial charge in [-0.2, -0.15) is 0 Å². The van der Waals surface area contributed by atoms with E-state index in [0.29, 0.717) is 0 Å². The van der Waals surface area contributed by atoms with E-state index in [0.717, 1.165) is 36.8 Å². The van der Waals surface area contributed by atoms with Gasteiger partial charge < -0.3 is 10.4 Å². The quantitative estimate of drug-likeness (QED) is 0.867. The molecule has 0 radical (unpaired) electrons. The summed E-state index contributed by atoms with van der Waals surface area (Å²) < 4.78 is 1.12. The lowest BCUT2D eigenvalue weighted by Gasteiger charge is -2.32. The van der Waals surface area contributed by atoms with E-state index in [9.17, 15) is 5.11 Å². The van der Waals surface area contributed by atoms with Crippen LogP contribution in [-0.4, -0.2) is 23.8 Å². The van der Waals surface area contributed by atoms with Gasteiger partial charge in [-0.05, 0) is 47.9 Å². The van der Waals surface area contributed by atoms with E-state index in [4.69, 9.17) is 0 Å². The molecule has 0 unspecified atom stereocenters. The first-order chi connectivity index (χ1) is 6.68. The molecule has 1 saturated heterocycles. The van der Waals surface area contributed by atoms with Crippen molar-refractivity contribution in [1.29, 1.82) is 0 Å². The van der Waals surface area contributed by atoms with Crippen LogP contribution in [0.2, 0.25) is 0 Å². The van der Waals surface area contributed by atoms with Crippen LogP contribution in [0.3, 0.4) is 0 Å². The lowest BCUT2D eigenvalue weighted by atomic mass is 9.88. The molecule has 1 aliphatic rings. The molecule has 14 heavy (non-hydrogen) atoms. The molecule has 2 N–H and O–H groups in total. The Balaban J connectivity index is 2.01. The lowest BCUT2D eigenvalue weighted by Crippen LogP contribution is -2.43. The van der Waals surface area contributed by atoms with Crippen molar-refractivity contribution in [2.45, 2.75) is 24.9 Å². The molecule has 1 aromatic rings. The summed E-state index contributed by atoms with van der Waals surface area (Å²) >= 11 is 5.15. The minimum atomic E-state index is -0.477. The summed E-state index contributed by atoms with van der Waals surface area (Å²) in [6.45, 7) is 1.87. The highest BCUT2D eigenvalue weighted by molar-refractivity contribution is 9.10. The third kappa shape index (κ3) is 2.57. The first kappa shape index (κ1) is 10.6. The maximum atomic E-state index is 10.3. The van der Waals surface area contributed by atoms with Gasteiger partial charge in [-0.25, -0.2) is 0 Å². The molecular weight excluding hydrogens is 262 g/mol. The highest BCUT2D eigenvalue weighted by Gasteiger charge is 2.29. The van der Waals surface area contributed by atoms with Gasteiger partial charge in [0.25, 0.3) is 0 Å². The number of nitrogens with one attached hydrogen (secondary N) is 1. The van der Waals surface area contributed by atoms with Gasteiger partial charge in [0, 0.05) is 21.2 Å². The van der Waals surface area contributed by atoms with Gasteiger partial charge in [0.05, 0.1) is 5.60 Å². The number of piperidine rings is 1. The topological polar surface area (TPSA) is 32.3 Å². The SMILES string of the molecule is OC1(Cc2cc(Br)cs2)CCNCC1. The van der Waals surface area contributed by atoms with Crippen LogP contribution in [0.1, 0.15) is 17.7 Å². The normalized spacial score (nSPS) is 21.0. The molecule has 0 saturated carbocycles. The fraction of sp³-hybridized carbons (Fsp3) is 0.600. The molecule has 4 heteroatoms. The number of halogens is 1.